The minimum atomic E-state index is -0.254. The van der Waals surface area contributed by atoms with E-state index in [9.17, 15) is 4.79 Å². The summed E-state index contributed by atoms with van der Waals surface area (Å²) in [6, 6.07) is 5.45. The van der Waals surface area contributed by atoms with Gasteiger partial charge in [0.15, 0.2) is 16.7 Å². The fraction of sp³-hybridized carbons (Fsp3) is 0.312. The molecule has 1 amide bonds. The second kappa shape index (κ2) is 7.39. The van der Waals surface area contributed by atoms with Crippen molar-refractivity contribution in [3.63, 3.8) is 0 Å². The summed E-state index contributed by atoms with van der Waals surface area (Å²) in [6.45, 7) is 0.824. The number of nitrogens with zero attached hydrogens (tertiary/aromatic N) is 3. The van der Waals surface area contributed by atoms with Crippen LogP contribution in [0.3, 0.4) is 0 Å². The number of thioether (sulfide) groups is 1. The summed E-state index contributed by atoms with van der Waals surface area (Å²) in [4.78, 5) is 12.1. The topological polar surface area (TPSA) is 78.3 Å². The molecule has 2 aromatic rings. The van der Waals surface area contributed by atoms with Gasteiger partial charge in [0.05, 0.1) is 14.2 Å². The summed E-state index contributed by atoms with van der Waals surface area (Å²) >= 11 is 1.65. The molecule has 126 valence electrons. The van der Waals surface area contributed by atoms with Crippen molar-refractivity contribution in [3.05, 3.63) is 29.8 Å². The van der Waals surface area contributed by atoms with Crippen molar-refractivity contribution in [3.8, 4) is 11.5 Å². The van der Waals surface area contributed by atoms with E-state index in [1.165, 1.54) is 6.08 Å². The van der Waals surface area contributed by atoms with Crippen molar-refractivity contribution in [2.45, 2.75) is 18.1 Å². The van der Waals surface area contributed by atoms with Gasteiger partial charge in [0.25, 0.3) is 5.91 Å². The molecular formula is C16H18N4O3S. The van der Waals surface area contributed by atoms with Gasteiger partial charge in [-0.25, -0.2) is 0 Å². The van der Waals surface area contributed by atoms with E-state index >= 15 is 0 Å². The smallest absolute Gasteiger partial charge is 0.250 e. The van der Waals surface area contributed by atoms with E-state index in [2.05, 4.69) is 15.5 Å². The van der Waals surface area contributed by atoms with Gasteiger partial charge < -0.3 is 9.47 Å². The molecule has 0 saturated heterocycles. The average Bonchev–Trinajstić information content (AvgIpc) is 3.02. The molecule has 0 radical (unpaired) electrons. The Kier molecular flexibility index (Phi) is 5.05. The highest BCUT2D eigenvalue weighted by atomic mass is 32.2. The number of amides is 1. The third-order valence-corrected chi connectivity index (χ3v) is 4.60. The van der Waals surface area contributed by atoms with Gasteiger partial charge in [0.1, 0.15) is 0 Å². The predicted molar refractivity (Wildman–Crippen MR) is 92.6 cm³/mol. The van der Waals surface area contributed by atoms with Crippen molar-refractivity contribution < 1.29 is 14.3 Å². The highest BCUT2D eigenvalue weighted by molar-refractivity contribution is 7.99. The molecule has 1 aliphatic heterocycles. The van der Waals surface area contributed by atoms with Crippen LogP contribution in [0, 0.1) is 0 Å². The highest BCUT2D eigenvalue weighted by Crippen LogP contribution is 2.28. The van der Waals surface area contributed by atoms with Crippen LogP contribution in [-0.4, -0.2) is 40.6 Å². The molecule has 1 aromatic carbocycles. The second-order valence-electron chi connectivity index (χ2n) is 5.10. The molecule has 0 aliphatic carbocycles. The van der Waals surface area contributed by atoms with Gasteiger partial charge in [-0.15, -0.1) is 10.2 Å². The lowest BCUT2D eigenvalue weighted by molar-refractivity contribution is -0.111. The van der Waals surface area contributed by atoms with E-state index < -0.39 is 0 Å². The van der Waals surface area contributed by atoms with Crippen LogP contribution in [0.4, 0.5) is 5.95 Å². The summed E-state index contributed by atoms with van der Waals surface area (Å²) in [6.07, 6.45) is 4.21. The summed E-state index contributed by atoms with van der Waals surface area (Å²) in [5.41, 5.74) is 0.835. The van der Waals surface area contributed by atoms with Crippen LogP contribution in [0.15, 0.2) is 29.4 Å². The van der Waals surface area contributed by atoms with Crippen LogP contribution < -0.4 is 14.8 Å². The van der Waals surface area contributed by atoms with Crippen LogP contribution in [0.2, 0.25) is 0 Å². The summed E-state index contributed by atoms with van der Waals surface area (Å²) in [5.74, 6) is 2.52. The number of hydrogen-bond acceptors (Lipinski definition) is 6. The van der Waals surface area contributed by atoms with E-state index in [1.54, 1.807) is 44.2 Å². The standard InChI is InChI=1S/C16H18N4O3S/c1-22-12-6-4-11(10-13(12)23-2)5-7-14(21)17-15-18-19-16-20(15)8-3-9-24-16/h4-7,10H,3,8-9H2,1-2H3,(H,17,18,21)/b7-5+. The maximum Gasteiger partial charge on any atom is 0.250 e. The average molecular weight is 346 g/mol. The molecule has 7 nitrogen and oxygen atoms in total. The number of rotatable bonds is 5. The van der Waals surface area contributed by atoms with Crippen molar-refractivity contribution in [1.29, 1.82) is 0 Å². The lowest BCUT2D eigenvalue weighted by Gasteiger charge is -2.13. The van der Waals surface area contributed by atoms with Gasteiger partial charge in [-0.3, -0.25) is 14.7 Å². The minimum Gasteiger partial charge on any atom is -0.493 e. The number of hydrogen-bond donors (Lipinski definition) is 1. The molecule has 0 atom stereocenters. The maximum atomic E-state index is 12.1. The number of carbonyl (C=O) groups excluding carboxylic acids is 1. The first kappa shape index (κ1) is 16.4. The van der Waals surface area contributed by atoms with Gasteiger partial charge in [-0.2, -0.15) is 0 Å². The van der Waals surface area contributed by atoms with Gasteiger partial charge in [-0.1, -0.05) is 17.8 Å². The van der Waals surface area contributed by atoms with E-state index in [1.807, 2.05) is 10.6 Å². The third-order valence-electron chi connectivity index (χ3n) is 3.54. The Morgan fingerprint density at radius 2 is 2.12 bits per heavy atom. The number of benzene rings is 1. The largest absolute Gasteiger partial charge is 0.493 e. The summed E-state index contributed by atoms with van der Waals surface area (Å²) < 4.78 is 12.4. The monoisotopic (exact) mass is 346 g/mol. The molecule has 3 rings (SSSR count). The predicted octanol–water partition coefficient (Wildman–Crippen LogP) is 2.44. The Bertz CT molecular complexity index is 773. The van der Waals surface area contributed by atoms with Gasteiger partial charge in [-0.05, 0) is 30.2 Å². The summed E-state index contributed by atoms with van der Waals surface area (Å²) in [7, 11) is 3.16. The number of fused-ring (bicyclic) bond motifs is 1. The van der Waals surface area contributed by atoms with E-state index in [-0.39, 0.29) is 5.91 Å². The molecule has 0 fully saturated rings. The van der Waals surface area contributed by atoms with Crippen LogP contribution in [-0.2, 0) is 11.3 Å². The molecule has 0 saturated carbocycles. The van der Waals surface area contributed by atoms with E-state index in [4.69, 9.17) is 9.47 Å². The number of carbonyl (C=O) groups is 1. The zero-order valence-corrected chi connectivity index (χ0v) is 14.3. The Hall–Kier alpha value is -2.48. The zero-order chi connectivity index (χ0) is 16.9. The van der Waals surface area contributed by atoms with Crippen molar-refractivity contribution in [1.82, 2.24) is 14.8 Å². The molecule has 1 N–H and O–H groups in total. The van der Waals surface area contributed by atoms with E-state index in [0.717, 1.165) is 29.4 Å². The highest BCUT2D eigenvalue weighted by Gasteiger charge is 2.17. The fourth-order valence-electron chi connectivity index (χ4n) is 2.36. The SMILES string of the molecule is COc1ccc(/C=C/C(=O)Nc2nnc3n2CCCS3)cc1OC. The van der Waals surface area contributed by atoms with Crippen LogP contribution in [0.25, 0.3) is 6.08 Å². The molecule has 1 aliphatic rings. The van der Waals surface area contributed by atoms with Crippen molar-refractivity contribution in [2.75, 3.05) is 25.3 Å². The van der Waals surface area contributed by atoms with Crippen LogP contribution in [0.1, 0.15) is 12.0 Å². The normalized spacial score (nSPS) is 13.6. The van der Waals surface area contributed by atoms with Crippen LogP contribution >= 0.6 is 11.8 Å². The van der Waals surface area contributed by atoms with E-state index in [0.29, 0.717) is 17.4 Å². The summed E-state index contributed by atoms with van der Waals surface area (Å²) in [5, 5.41) is 11.7. The van der Waals surface area contributed by atoms with Gasteiger partial charge >= 0.3 is 0 Å². The molecular weight excluding hydrogens is 328 g/mol. The Labute approximate surface area is 144 Å². The first-order valence-electron chi connectivity index (χ1n) is 7.48. The Morgan fingerprint density at radius 3 is 2.92 bits per heavy atom. The van der Waals surface area contributed by atoms with Gasteiger partial charge in [0, 0.05) is 18.4 Å². The molecule has 0 spiro atoms. The molecule has 0 bridgehead atoms. The molecule has 24 heavy (non-hydrogen) atoms. The number of ether oxygens (including phenoxy) is 2. The first-order chi connectivity index (χ1) is 11.7. The number of methoxy groups -OCH3 is 2. The fourth-order valence-corrected chi connectivity index (χ4v) is 3.24. The Balaban J connectivity index is 1.68. The van der Waals surface area contributed by atoms with Crippen molar-refractivity contribution in [2.24, 2.45) is 0 Å². The number of anilines is 1. The molecule has 1 aromatic heterocycles. The maximum absolute atomic E-state index is 12.1. The second-order valence-corrected chi connectivity index (χ2v) is 6.16. The molecule has 2 heterocycles. The van der Waals surface area contributed by atoms with Gasteiger partial charge in [0.2, 0.25) is 5.95 Å². The van der Waals surface area contributed by atoms with Crippen LogP contribution in [0.5, 0.6) is 11.5 Å². The Morgan fingerprint density at radius 1 is 1.29 bits per heavy atom. The lowest BCUT2D eigenvalue weighted by Crippen LogP contribution is -2.15. The minimum absolute atomic E-state index is 0.254. The zero-order valence-electron chi connectivity index (χ0n) is 13.5. The number of aromatic nitrogens is 3. The lowest BCUT2D eigenvalue weighted by atomic mass is 10.2. The number of nitrogens with one attached hydrogen (secondary N) is 1. The molecule has 0 unspecified atom stereocenters. The first-order valence-corrected chi connectivity index (χ1v) is 8.47. The quantitative estimate of drug-likeness (QED) is 0.838. The van der Waals surface area contributed by atoms with Crippen molar-refractivity contribution >= 4 is 29.7 Å². The third kappa shape index (κ3) is 3.53. The molecule has 8 heteroatoms.